The summed E-state index contributed by atoms with van der Waals surface area (Å²) in [6.45, 7) is 7.02. The van der Waals surface area contributed by atoms with Crippen LogP contribution in [-0.4, -0.2) is 10.9 Å². The molecule has 27 heavy (non-hydrogen) atoms. The van der Waals surface area contributed by atoms with Gasteiger partial charge in [0.15, 0.2) is 0 Å². The normalized spacial score (nSPS) is 14.0. The maximum atomic E-state index is 13.9. The minimum Gasteiger partial charge on any atom is -0.379 e. The van der Waals surface area contributed by atoms with E-state index in [1.165, 1.54) is 6.07 Å². The Kier molecular flexibility index (Phi) is 5.12. The highest BCUT2D eigenvalue weighted by atomic mass is 19.1. The average molecular weight is 372 g/mol. The van der Waals surface area contributed by atoms with E-state index in [2.05, 4.69) is 15.6 Å². The highest BCUT2D eigenvalue weighted by molar-refractivity contribution is 5.79. The molecule has 1 aromatic heterocycles. The molecular formula is C20H20F2N3O2. The highest BCUT2D eigenvalue weighted by Crippen LogP contribution is 2.17. The van der Waals surface area contributed by atoms with Crippen molar-refractivity contribution in [1.29, 1.82) is 0 Å². The van der Waals surface area contributed by atoms with Crippen LogP contribution in [0.15, 0.2) is 23.0 Å². The standard InChI is InChI=1S/C20H20F2N3O2/c1-10-15(20(27)25-17-6-7-23-12(3)19(10)17)9-18(26)24-11(2)14-5-4-13(21)8-16(14)22/h4-8,11,23H,9H2,1-3H3,(H,24,26)(H,25,27)/t11-/m0/s1. The van der Waals surface area contributed by atoms with E-state index in [1.54, 1.807) is 26.5 Å². The highest BCUT2D eigenvalue weighted by Gasteiger charge is 2.18. The Labute approximate surface area is 154 Å². The molecule has 2 aromatic rings. The number of carbonyl (C=O) groups excluding carboxylic acids is 1. The average Bonchev–Trinajstić information content (AvgIpc) is 2.58. The van der Waals surface area contributed by atoms with Crippen molar-refractivity contribution in [3.63, 3.8) is 0 Å². The molecule has 1 aromatic carbocycles. The lowest BCUT2D eigenvalue weighted by Crippen LogP contribution is -2.45. The van der Waals surface area contributed by atoms with Gasteiger partial charge in [0.1, 0.15) is 11.6 Å². The van der Waals surface area contributed by atoms with Crippen molar-refractivity contribution in [2.75, 3.05) is 0 Å². The molecule has 0 fully saturated rings. The third-order valence-electron chi connectivity index (χ3n) is 4.69. The Morgan fingerprint density at radius 1 is 1.26 bits per heavy atom. The summed E-state index contributed by atoms with van der Waals surface area (Å²) in [5, 5.41) is 7.30. The quantitative estimate of drug-likeness (QED) is 0.751. The van der Waals surface area contributed by atoms with Crippen molar-refractivity contribution in [3.8, 4) is 0 Å². The van der Waals surface area contributed by atoms with Crippen LogP contribution in [0.2, 0.25) is 0 Å². The van der Waals surface area contributed by atoms with Gasteiger partial charge in [0.2, 0.25) is 5.91 Å². The van der Waals surface area contributed by atoms with Gasteiger partial charge in [-0.15, -0.1) is 0 Å². The van der Waals surface area contributed by atoms with Crippen LogP contribution in [0.4, 0.5) is 8.78 Å². The van der Waals surface area contributed by atoms with Crippen molar-refractivity contribution in [2.45, 2.75) is 33.2 Å². The Bertz CT molecular complexity index is 1090. The molecule has 3 N–H and O–H groups in total. The van der Waals surface area contributed by atoms with Crippen LogP contribution in [0.1, 0.15) is 36.6 Å². The number of benzene rings is 1. The number of amides is 1. The van der Waals surface area contributed by atoms with Crippen LogP contribution in [0.5, 0.6) is 0 Å². The van der Waals surface area contributed by atoms with Gasteiger partial charge in [-0.2, -0.15) is 0 Å². The van der Waals surface area contributed by atoms with Gasteiger partial charge in [0, 0.05) is 33.5 Å². The first-order chi connectivity index (χ1) is 12.8. The van der Waals surface area contributed by atoms with E-state index in [-0.39, 0.29) is 17.5 Å². The summed E-state index contributed by atoms with van der Waals surface area (Å²) in [7, 11) is 0. The van der Waals surface area contributed by atoms with E-state index in [0.29, 0.717) is 10.9 Å². The minimum absolute atomic E-state index is 0.140. The van der Waals surface area contributed by atoms with Crippen LogP contribution >= 0.6 is 0 Å². The topological polar surface area (TPSA) is 74.0 Å². The second-order valence-electron chi connectivity index (χ2n) is 6.58. The lowest BCUT2D eigenvalue weighted by molar-refractivity contribution is -0.121. The molecule has 7 heteroatoms. The molecule has 1 aliphatic rings. The third kappa shape index (κ3) is 3.77. The first-order valence-electron chi connectivity index (χ1n) is 8.55. The summed E-state index contributed by atoms with van der Waals surface area (Å²) in [6.07, 6.45) is 1.62. The number of hydrogen-bond acceptors (Lipinski definition) is 3. The minimum atomic E-state index is -0.728. The Balaban J connectivity index is 1.86. The van der Waals surface area contributed by atoms with E-state index in [0.717, 1.165) is 28.6 Å². The predicted octanol–water partition coefficient (Wildman–Crippen LogP) is 1.06. The fraction of sp³-hybridized carbons (Fsp3) is 0.250. The smallest absolute Gasteiger partial charge is 0.252 e. The summed E-state index contributed by atoms with van der Waals surface area (Å²) < 4.78 is 26.9. The summed E-state index contributed by atoms with van der Waals surface area (Å²) in [4.78, 5) is 27.6. The van der Waals surface area contributed by atoms with Crippen molar-refractivity contribution in [2.24, 2.45) is 0 Å². The summed E-state index contributed by atoms with van der Waals surface area (Å²) >= 11 is 0. The molecule has 5 nitrogen and oxygen atoms in total. The van der Waals surface area contributed by atoms with Gasteiger partial charge in [-0.05, 0) is 38.5 Å². The number of nitrogens with one attached hydrogen (secondary N) is 3. The molecule has 0 unspecified atom stereocenters. The maximum absolute atomic E-state index is 13.9. The zero-order chi connectivity index (χ0) is 19.7. The van der Waals surface area contributed by atoms with Gasteiger partial charge in [-0.1, -0.05) is 6.07 Å². The Morgan fingerprint density at radius 3 is 2.70 bits per heavy atom. The van der Waals surface area contributed by atoms with Crippen LogP contribution in [0, 0.1) is 25.1 Å². The van der Waals surface area contributed by atoms with Crippen molar-refractivity contribution >= 4 is 17.7 Å². The second kappa shape index (κ2) is 7.34. The van der Waals surface area contributed by atoms with E-state index < -0.39 is 23.6 Å². The number of hydrogen-bond donors (Lipinski definition) is 3. The van der Waals surface area contributed by atoms with Gasteiger partial charge in [0.25, 0.3) is 5.56 Å². The fourth-order valence-electron chi connectivity index (χ4n) is 3.31. The van der Waals surface area contributed by atoms with Crippen molar-refractivity contribution in [3.05, 3.63) is 74.0 Å². The number of carbonyl (C=O) groups is 1. The maximum Gasteiger partial charge on any atom is 0.252 e. The van der Waals surface area contributed by atoms with Crippen LogP contribution in [0.3, 0.4) is 0 Å². The van der Waals surface area contributed by atoms with Gasteiger partial charge in [-0.3, -0.25) is 9.59 Å². The van der Waals surface area contributed by atoms with Gasteiger partial charge in [0.05, 0.1) is 19.0 Å². The van der Waals surface area contributed by atoms with E-state index >= 15 is 0 Å². The molecule has 3 rings (SSSR count). The summed E-state index contributed by atoms with van der Waals surface area (Å²) in [6, 6.07) is 2.55. The van der Waals surface area contributed by atoms with Crippen LogP contribution in [0.25, 0.3) is 11.8 Å². The molecule has 0 saturated heterocycles. The molecule has 1 atom stereocenters. The molecule has 2 heterocycles. The second-order valence-corrected chi connectivity index (χ2v) is 6.58. The number of H-pyrrole nitrogens is 1. The van der Waals surface area contributed by atoms with Crippen LogP contribution in [-0.2, 0) is 11.2 Å². The Hall–Kier alpha value is -2.96. The first kappa shape index (κ1) is 18.8. The zero-order valence-corrected chi connectivity index (χ0v) is 15.2. The number of pyridine rings is 1. The van der Waals surface area contributed by atoms with Crippen LogP contribution < -0.4 is 26.8 Å². The number of halogens is 2. The SMILES string of the molecule is CC1=c2c(C)c(CC(=O)N[C@@H](C)c3ccc(F)cc3F)c(=O)[nH]c2=C[CH]N1. The first-order valence-corrected chi connectivity index (χ1v) is 8.55. The van der Waals surface area contributed by atoms with Gasteiger partial charge >= 0.3 is 0 Å². The molecule has 1 aliphatic heterocycles. The zero-order valence-electron chi connectivity index (χ0n) is 15.2. The van der Waals surface area contributed by atoms with Gasteiger partial charge in [-0.25, -0.2) is 8.78 Å². The summed E-state index contributed by atoms with van der Waals surface area (Å²) in [5.74, 6) is -1.83. The largest absolute Gasteiger partial charge is 0.379 e. The molecule has 0 aliphatic carbocycles. The lowest BCUT2D eigenvalue weighted by Gasteiger charge is -2.16. The predicted molar refractivity (Wildman–Crippen MR) is 98.7 cm³/mol. The fourth-order valence-corrected chi connectivity index (χ4v) is 3.31. The number of aromatic amines is 1. The summed E-state index contributed by atoms with van der Waals surface area (Å²) in [5.41, 5.74) is 1.80. The third-order valence-corrected chi connectivity index (χ3v) is 4.69. The van der Waals surface area contributed by atoms with E-state index in [9.17, 15) is 18.4 Å². The molecular weight excluding hydrogens is 352 g/mol. The number of aromatic nitrogens is 1. The number of rotatable bonds is 4. The molecule has 0 spiro atoms. The Morgan fingerprint density at radius 2 is 2.00 bits per heavy atom. The van der Waals surface area contributed by atoms with Crippen molar-refractivity contribution in [1.82, 2.24) is 15.6 Å². The van der Waals surface area contributed by atoms with E-state index in [1.807, 2.05) is 6.92 Å². The van der Waals surface area contributed by atoms with Crippen molar-refractivity contribution < 1.29 is 13.6 Å². The molecule has 1 amide bonds. The molecule has 0 bridgehead atoms. The lowest BCUT2D eigenvalue weighted by atomic mass is 10.0. The van der Waals surface area contributed by atoms with E-state index in [4.69, 9.17) is 0 Å². The monoisotopic (exact) mass is 372 g/mol. The molecule has 0 saturated carbocycles. The molecule has 141 valence electrons. The molecule has 1 radical (unpaired) electrons. The van der Waals surface area contributed by atoms with Gasteiger partial charge < -0.3 is 15.6 Å². The number of fused-ring (bicyclic) bond motifs is 1.